The van der Waals surface area contributed by atoms with Crippen LogP contribution in [0.3, 0.4) is 0 Å². The topological polar surface area (TPSA) is 46.9 Å². The maximum atomic E-state index is 12.1. The van der Waals surface area contributed by atoms with Gasteiger partial charge >= 0.3 is 0 Å². The first-order chi connectivity index (χ1) is 11.2. The molecule has 7 heteroatoms. The molecule has 3 rings (SSSR count). The monoisotopic (exact) mass is 363 g/mol. The summed E-state index contributed by atoms with van der Waals surface area (Å²) >= 11 is 9.33. The zero-order chi connectivity index (χ0) is 16.1. The standard InChI is InChI=1S/C16H14ClN3OS2/c17-13-5-2-1-4-12(13)10-20-14(7-8-18-20)19-15(21)11-23-16-6-3-9-22-16/h1-9H,10-11H2,(H,19,21). The molecule has 0 aliphatic heterocycles. The van der Waals surface area contributed by atoms with Crippen LogP contribution >= 0.6 is 34.7 Å². The van der Waals surface area contributed by atoms with Gasteiger partial charge in [0.1, 0.15) is 5.82 Å². The number of rotatable bonds is 6. The zero-order valence-corrected chi connectivity index (χ0v) is 14.5. The summed E-state index contributed by atoms with van der Waals surface area (Å²) in [7, 11) is 0. The van der Waals surface area contributed by atoms with Crippen LogP contribution in [-0.2, 0) is 11.3 Å². The van der Waals surface area contributed by atoms with Crippen LogP contribution in [0.25, 0.3) is 0 Å². The molecule has 0 saturated heterocycles. The highest BCUT2D eigenvalue weighted by atomic mass is 35.5. The van der Waals surface area contributed by atoms with E-state index in [1.54, 1.807) is 28.3 Å². The van der Waals surface area contributed by atoms with Crippen molar-refractivity contribution in [3.8, 4) is 0 Å². The Bertz CT molecular complexity index is 786. The average molecular weight is 364 g/mol. The van der Waals surface area contributed by atoms with Crippen molar-refractivity contribution >= 4 is 46.4 Å². The highest BCUT2D eigenvalue weighted by Crippen LogP contribution is 2.23. The number of anilines is 1. The summed E-state index contributed by atoms with van der Waals surface area (Å²) in [5.74, 6) is 0.989. The van der Waals surface area contributed by atoms with Gasteiger partial charge in [0.15, 0.2) is 0 Å². The molecular weight excluding hydrogens is 350 g/mol. The summed E-state index contributed by atoms with van der Waals surface area (Å²) in [5, 5.41) is 9.84. The first-order valence-electron chi connectivity index (χ1n) is 6.94. The van der Waals surface area contributed by atoms with E-state index < -0.39 is 0 Å². The number of thioether (sulfide) groups is 1. The van der Waals surface area contributed by atoms with Crippen molar-refractivity contribution in [2.75, 3.05) is 11.1 Å². The third kappa shape index (κ3) is 4.37. The van der Waals surface area contributed by atoms with Gasteiger partial charge in [0.2, 0.25) is 5.91 Å². The summed E-state index contributed by atoms with van der Waals surface area (Å²) in [6.07, 6.45) is 1.67. The van der Waals surface area contributed by atoms with Gasteiger partial charge in [-0.05, 0) is 23.1 Å². The lowest BCUT2D eigenvalue weighted by Crippen LogP contribution is -2.17. The Kier molecular flexibility index (Phi) is 5.38. The van der Waals surface area contributed by atoms with Crippen molar-refractivity contribution in [3.05, 3.63) is 64.6 Å². The number of carbonyl (C=O) groups is 1. The highest BCUT2D eigenvalue weighted by molar-refractivity contribution is 8.01. The second kappa shape index (κ2) is 7.68. The Hall–Kier alpha value is -1.76. The van der Waals surface area contributed by atoms with Gasteiger partial charge in [-0.15, -0.1) is 23.1 Å². The molecule has 4 nitrogen and oxygen atoms in total. The van der Waals surface area contributed by atoms with Crippen molar-refractivity contribution in [1.29, 1.82) is 0 Å². The van der Waals surface area contributed by atoms with Crippen LogP contribution in [0.15, 0.2) is 58.3 Å². The molecule has 0 atom stereocenters. The van der Waals surface area contributed by atoms with Crippen LogP contribution in [0, 0.1) is 0 Å². The van der Waals surface area contributed by atoms with E-state index in [0.717, 1.165) is 9.77 Å². The number of hydrogen-bond acceptors (Lipinski definition) is 4. The summed E-state index contributed by atoms with van der Waals surface area (Å²) in [6, 6.07) is 13.4. The molecule has 2 heterocycles. The van der Waals surface area contributed by atoms with E-state index in [-0.39, 0.29) is 5.91 Å². The van der Waals surface area contributed by atoms with Gasteiger partial charge in [0.25, 0.3) is 0 Å². The number of nitrogens with zero attached hydrogens (tertiary/aromatic N) is 2. The SMILES string of the molecule is O=C(CSc1cccs1)Nc1ccnn1Cc1ccccc1Cl. The molecular formula is C16H14ClN3OS2. The Labute approximate surface area is 147 Å². The molecule has 118 valence electrons. The van der Waals surface area contributed by atoms with Crippen LogP contribution in [0.2, 0.25) is 5.02 Å². The van der Waals surface area contributed by atoms with Gasteiger partial charge in [-0.3, -0.25) is 4.79 Å². The minimum atomic E-state index is -0.0516. The minimum Gasteiger partial charge on any atom is -0.310 e. The lowest BCUT2D eigenvalue weighted by Gasteiger charge is -2.10. The van der Waals surface area contributed by atoms with E-state index in [9.17, 15) is 4.79 Å². The third-order valence-electron chi connectivity index (χ3n) is 3.10. The van der Waals surface area contributed by atoms with Gasteiger partial charge in [-0.1, -0.05) is 35.9 Å². The van der Waals surface area contributed by atoms with Crippen molar-refractivity contribution in [1.82, 2.24) is 9.78 Å². The van der Waals surface area contributed by atoms with Gasteiger partial charge in [0.05, 0.1) is 22.7 Å². The normalized spacial score (nSPS) is 10.7. The summed E-state index contributed by atoms with van der Waals surface area (Å²) in [6.45, 7) is 0.514. The fourth-order valence-corrected chi connectivity index (χ4v) is 3.79. The maximum absolute atomic E-state index is 12.1. The van der Waals surface area contributed by atoms with Gasteiger partial charge in [0, 0.05) is 11.1 Å². The Balaban J connectivity index is 1.62. The quantitative estimate of drug-likeness (QED) is 0.661. The molecule has 1 aromatic carbocycles. The number of thiophene rings is 1. The molecule has 1 N–H and O–H groups in total. The Morgan fingerprint density at radius 1 is 1.26 bits per heavy atom. The number of carbonyl (C=O) groups excluding carboxylic acids is 1. The van der Waals surface area contributed by atoms with E-state index in [4.69, 9.17) is 11.6 Å². The van der Waals surface area contributed by atoms with Crippen molar-refractivity contribution < 1.29 is 4.79 Å². The molecule has 0 radical (unpaired) electrons. The molecule has 0 bridgehead atoms. The molecule has 0 saturated carbocycles. The van der Waals surface area contributed by atoms with Crippen LogP contribution in [0.5, 0.6) is 0 Å². The molecule has 0 unspecified atom stereocenters. The first-order valence-corrected chi connectivity index (χ1v) is 9.18. The summed E-state index contributed by atoms with van der Waals surface area (Å²) in [4.78, 5) is 12.1. The molecule has 2 aromatic heterocycles. The number of hydrogen-bond donors (Lipinski definition) is 1. The lowest BCUT2D eigenvalue weighted by atomic mass is 10.2. The number of benzene rings is 1. The van der Waals surface area contributed by atoms with Gasteiger partial charge in [-0.25, -0.2) is 4.68 Å². The number of amides is 1. The second-order valence-electron chi connectivity index (χ2n) is 4.73. The highest BCUT2D eigenvalue weighted by Gasteiger charge is 2.10. The fourth-order valence-electron chi connectivity index (χ4n) is 2.01. The van der Waals surface area contributed by atoms with Crippen molar-refractivity contribution in [2.45, 2.75) is 10.8 Å². The van der Waals surface area contributed by atoms with E-state index in [1.807, 2.05) is 41.8 Å². The number of halogens is 1. The van der Waals surface area contributed by atoms with Crippen molar-refractivity contribution in [2.24, 2.45) is 0 Å². The Morgan fingerprint density at radius 3 is 2.91 bits per heavy atom. The average Bonchev–Trinajstić information content (AvgIpc) is 3.20. The minimum absolute atomic E-state index is 0.0516. The second-order valence-corrected chi connectivity index (χ2v) is 7.36. The zero-order valence-electron chi connectivity index (χ0n) is 12.1. The largest absolute Gasteiger partial charge is 0.310 e. The van der Waals surface area contributed by atoms with Gasteiger partial charge in [-0.2, -0.15) is 5.10 Å². The molecule has 0 spiro atoms. The van der Waals surface area contributed by atoms with E-state index in [1.165, 1.54) is 11.8 Å². The molecule has 0 aliphatic rings. The third-order valence-corrected chi connectivity index (χ3v) is 5.60. The molecule has 23 heavy (non-hydrogen) atoms. The first kappa shape index (κ1) is 16.1. The van der Waals surface area contributed by atoms with E-state index in [0.29, 0.717) is 23.1 Å². The predicted octanol–water partition coefficient (Wildman–Crippen LogP) is 4.38. The number of nitrogens with one attached hydrogen (secondary N) is 1. The van der Waals surface area contributed by atoms with Gasteiger partial charge < -0.3 is 5.32 Å². The molecule has 0 aliphatic carbocycles. The van der Waals surface area contributed by atoms with E-state index >= 15 is 0 Å². The molecule has 0 fully saturated rings. The molecule has 3 aromatic rings. The summed E-state index contributed by atoms with van der Waals surface area (Å²) in [5.41, 5.74) is 0.960. The lowest BCUT2D eigenvalue weighted by molar-refractivity contribution is -0.113. The summed E-state index contributed by atoms with van der Waals surface area (Å²) < 4.78 is 2.86. The predicted molar refractivity (Wildman–Crippen MR) is 96.5 cm³/mol. The maximum Gasteiger partial charge on any atom is 0.235 e. The van der Waals surface area contributed by atoms with Crippen LogP contribution < -0.4 is 5.32 Å². The molecule has 1 amide bonds. The van der Waals surface area contributed by atoms with Crippen LogP contribution in [-0.4, -0.2) is 21.4 Å². The number of aromatic nitrogens is 2. The fraction of sp³-hybridized carbons (Fsp3) is 0.125. The van der Waals surface area contributed by atoms with Crippen LogP contribution in [0.1, 0.15) is 5.56 Å². The van der Waals surface area contributed by atoms with E-state index in [2.05, 4.69) is 10.4 Å². The Morgan fingerprint density at radius 2 is 2.13 bits per heavy atom. The van der Waals surface area contributed by atoms with Crippen LogP contribution in [0.4, 0.5) is 5.82 Å². The van der Waals surface area contributed by atoms with Crippen molar-refractivity contribution in [3.63, 3.8) is 0 Å². The smallest absolute Gasteiger partial charge is 0.235 e.